The molecule has 2 aromatic heterocycles. The van der Waals surface area contributed by atoms with Crippen molar-refractivity contribution in [2.75, 3.05) is 11.1 Å². The Balaban J connectivity index is 1.94. The van der Waals surface area contributed by atoms with Crippen LogP contribution in [-0.2, 0) is 7.05 Å². The topological polar surface area (TPSA) is 59.8 Å². The second-order valence-corrected chi connectivity index (χ2v) is 7.09. The Morgan fingerprint density at radius 1 is 1.26 bits per heavy atom. The molecule has 0 bridgehead atoms. The molecule has 1 aromatic carbocycles. The molecule has 9 heteroatoms. The van der Waals surface area contributed by atoms with Crippen LogP contribution in [0.15, 0.2) is 35.2 Å². The zero-order valence-corrected chi connectivity index (χ0v) is 15.7. The summed E-state index contributed by atoms with van der Waals surface area (Å²) in [5.74, 6) is -1.44. The Morgan fingerprint density at radius 3 is 2.67 bits per heavy atom. The summed E-state index contributed by atoms with van der Waals surface area (Å²) in [6, 6.07) is 8.08. The summed E-state index contributed by atoms with van der Waals surface area (Å²) in [6.07, 6.45) is -4.29. The van der Waals surface area contributed by atoms with E-state index in [1.807, 2.05) is 0 Å². The summed E-state index contributed by atoms with van der Waals surface area (Å²) < 4.78 is 39.2. The van der Waals surface area contributed by atoms with Gasteiger partial charge in [-0.25, -0.2) is 4.98 Å². The smallest absolute Gasteiger partial charge is 0.321 e. The standard InChI is InChI=1S/C18H17F3N4OS/c1-10-8-12(15-11(2)24-25(3)16(15)22-10)17(26)23-13-6-4-5-7-14(13)27-9-18(19,20)21/h4-8H,9H2,1-3H3,(H,23,26). The fourth-order valence-corrected chi connectivity index (χ4v) is 3.56. The third kappa shape index (κ3) is 4.24. The van der Waals surface area contributed by atoms with Crippen molar-refractivity contribution in [3.05, 3.63) is 47.3 Å². The molecule has 27 heavy (non-hydrogen) atoms. The van der Waals surface area contributed by atoms with Gasteiger partial charge in [-0.3, -0.25) is 9.48 Å². The second-order valence-electron chi connectivity index (χ2n) is 6.07. The summed E-state index contributed by atoms with van der Waals surface area (Å²) in [5.41, 5.74) is 2.61. The number of pyridine rings is 1. The maximum Gasteiger partial charge on any atom is 0.398 e. The van der Waals surface area contributed by atoms with E-state index in [4.69, 9.17) is 0 Å². The number of nitrogens with zero attached hydrogens (tertiary/aromatic N) is 3. The number of hydrogen-bond donors (Lipinski definition) is 1. The first-order valence-electron chi connectivity index (χ1n) is 8.06. The van der Waals surface area contributed by atoms with Gasteiger partial charge in [-0.15, -0.1) is 11.8 Å². The molecular weight excluding hydrogens is 377 g/mol. The number of anilines is 1. The third-order valence-electron chi connectivity index (χ3n) is 3.87. The first-order chi connectivity index (χ1) is 12.7. The SMILES string of the molecule is Cc1cc(C(=O)Nc2ccccc2SCC(F)(F)F)c2c(C)nn(C)c2n1. The van der Waals surface area contributed by atoms with Crippen LogP contribution in [0.3, 0.4) is 0 Å². The Morgan fingerprint density at radius 2 is 1.96 bits per heavy atom. The molecule has 0 aliphatic rings. The van der Waals surface area contributed by atoms with Gasteiger partial charge < -0.3 is 5.32 Å². The van der Waals surface area contributed by atoms with Gasteiger partial charge >= 0.3 is 6.18 Å². The number of aromatic nitrogens is 3. The Labute approximate surface area is 158 Å². The predicted octanol–water partition coefficient (Wildman–Crippen LogP) is 4.49. The molecule has 0 fully saturated rings. The molecule has 1 amide bonds. The monoisotopic (exact) mass is 394 g/mol. The Hall–Kier alpha value is -2.55. The predicted molar refractivity (Wildman–Crippen MR) is 99.2 cm³/mol. The van der Waals surface area contributed by atoms with Gasteiger partial charge in [0.1, 0.15) is 0 Å². The number of halogens is 3. The number of aryl methyl sites for hydroxylation is 3. The molecule has 0 atom stereocenters. The van der Waals surface area contributed by atoms with Gasteiger partial charge in [-0.2, -0.15) is 18.3 Å². The second kappa shape index (κ2) is 7.22. The van der Waals surface area contributed by atoms with Crippen LogP contribution in [0.1, 0.15) is 21.7 Å². The third-order valence-corrected chi connectivity index (χ3v) is 5.01. The number of carbonyl (C=O) groups excluding carboxylic acids is 1. The number of hydrogen-bond acceptors (Lipinski definition) is 4. The number of thioether (sulfide) groups is 1. The molecule has 3 rings (SSSR count). The van der Waals surface area contributed by atoms with Crippen LogP contribution >= 0.6 is 11.8 Å². The van der Waals surface area contributed by atoms with E-state index < -0.39 is 17.8 Å². The number of rotatable bonds is 4. The van der Waals surface area contributed by atoms with Gasteiger partial charge in [0.25, 0.3) is 5.91 Å². The maximum absolute atomic E-state index is 12.9. The molecule has 142 valence electrons. The van der Waals surface area contributed by atoms with Gasteiger partial charge in [0.2, 0.25) is 0 Å². The van der Waals surface area contributed by atoms with Gasteiger partial charge in [0, 0.05) is 17.6 Å². The highest BCUT2D eigenvalue weighted by Crippen LogP contribution is 2.32. The highest BCUT2D eigenvalue weighted by molar-refractivity contribution is 7.99. The molecule has 0 saturated carbocycles. The molecular formula is C18H17F3N4OS. The van der Waals surface area contributed by atoms with E-state index in [0.717, 1.165) is 0 Å². The summed E-state index contributed by atoms with van der Waals surface area (Å²) in [4.78, 5) is 17.7. The maximum atomic E-state index is 12.9. The number of nitrogens with one attached hydrogen (secondary N) is 1. The van der Waals surface area contributed by atoms with Gasteiger partial charge in [-0.1, -0.05) is 12.1 Å². The Bertz CT molecular complexity index is 1010. The zero-order chi connectivity index (χ0) is 19.8. The van der Waals surface area contributed by atoms with Crippen LogP contribution in [-0.4, -0.2) is 32.6 Å². The van der Waals surface area contributed by atoms with Gasteiger partial charge in [0.15, 0.2) is 5.65 Å². The lowest BCUT2D eigenvalue weighted by Crippen LogP contribution is -2.15. The quantitative estimate of drug-likeness (QED) is 0.663. The van der Waals surface area contributed by atoms with Gasteiger partial charge in [-0.05, 0) is 32.0 Å². The van der Waals surface area contributed by atoms with Crippen molar-refractivity contribution in [2.24, 2.45) is 7.05 Å². The van der Waals surface area contributed by atoms with Crippen LogP contribution in [0.5, 0.6) is 0 Å². The summed E-state index contributed by atoms with van der Waals surface area (Å²) in [5, 5.41) is 7.65. The molecule has 0 saturated heterocycles. The van der Waals surface area contributed by atoms with E-state index in [0.29, 0.717) is 50.3 Å². The number of benzene rings is 1. The molecule has 0 aliphatic carbocycles. The fraction of sp³-hybridized carbons (Fsp3) is 0.278. The van der Waals surface area contributed by atoms with E-state index in [1.165, 1.54) is 0 Å². The van der Waals surface area contributed by atoms with E-state index in [9.17, 15) is 18.0 Å². The lowest BCUT2D eigenvalue weighted by atomic mass is 10.1. The van der Waals surface area contributed by atoms with E-state index >= 15 is 0 Å². The molecule has 0 aliphatic heterocycles. The molecule has 0 radical (unpaired) electrons. The van der Waals surface area contributed by atoms with Gasteiger partial charge in [0.05, 0.1) is 28.1 Å². The molecule has 1 N–H and O–H groups in total. The van der Waals surface area contributed by atoms with Crippen LogP contribution < -0.4 is 5.32 Å². The largest absolute Gasteiger partial charge is 0.398 e. The Kier molecular flexibility index (Phi) is 5.14. The average Bonchev–Trinajstić information content (AvgIpc) is 2.86. The van der Waals surface area contributed by atoms with Crippen molar-refractivity contribution in [3.8, 4) is 0 Å². The summed E-state index contributed by atoms with van der Waals surface area (Å²) in [7, 11) is 1.74. The normalized spacial score (nSPS) is 11.8. The van der Waals surface area contributed by atoms with Crippen molar-refractivity contribution in [1.82, 2.24) is 14.8 Å². The van der Waals surface area contributed by atoms with E-state index in [2.05, 4.69) is 15.4 Å². The van der Waals surface area contributed by atoms with Crippen molar-refractivity contribution in [1.29, 1.82) is 0 Å². The van der Waals surface area contributed by atoms with Crippen molar-refractivity contribution < 1.29 is 18.0 Å². The number of alkyl halides is 3. The van der Waals surface area contributed by atoms with Crippen molar-refractivity contribution in [3.63, 3.8) is 0 Å². The fourth-order valence-electron chi connectivity index (χ4n) is 2.79. The molecule has 0 unspecified atom stereocenters. The molecule has 5 nitrogen and oxygen atoms in total. The first-order valence-corrected chi connectivity index (χ1v) is 9.05. The summed E-state index contributed by atoms with van der Waals surface area (Å²) >= 11 is 0.637. The lowest BCUT2D eigenvalue weighted by Gasteiger charge is -2.12. The van der Waals surface area contributed by atoms with Crippen molar-refractivity contribution in [2.45, 2.75) is 24.9 Å². The van der Waals surface area contributed by atoms with E-state index in [-0.39, 0.29) is 0 Å². The van der Waals surface area contributed by atoms with Crippen LogP contribution in [0.2, 0.25) is 0 Å². The lowest BCUT2D eigenvalue weighted by molar-refractivity contribution is -0.105. The molecule has 3 aromatic rings. The highest BCUT2D eigenvalue weighted by Gasteiger charge is 2.28. The highest BCUT2D eigenvalue weighted by atomic mass is 32.2. The minimum atomic E-state index is -4.29. The van der Waals surface area contributed by atoms with E-state index in [1.54, 1.807) is 55.9 Å². The first kappa shape index (κ1) is 19.2. The molecule has 0 spiro atoms. The number of para-hydroxylation sites is 1. The molecule has 2 heterocycles. The zero-order valence-electron chi connectivity index (χ0n) is 14.9. The summed E-state index contributed by atoms with van der Waals surface area (Å²) in [6.45, 7) is 3.55. The van der Waals surface area contributed by atoms with Crippen LogP contribution in [0, 0.1) is 13.8 Å². The average molecular weight is 394 g/mol. The number of amides is 1. The number of carbonyl (C=O) groups is 1. The van der Waals surface area contributed by atoms with Crippen LogP contribution in [0.4, 0.5) is 18.9 Å². The van der Waals surface area contributed by atoms with Crippen molar-refractivity contribution >= 4 is 34.4 Å². The number of fused-ring (bicyclic) bond motifs is 1. The minimum absolute atomic E-state index is 0.334. The minimum Gasteiger partial charge on any atom is -0.321 e. The van der Waals surface area contributed by atoms with Crippen LogP contribution in [0.25, 0.3) is 11.0 Å².